The molecule has 0 saturated heterocycles. The van der Waals surface area contributed by atoms with Crippen molar-refractivity contribution < 1.29 is 0 Å². The first-order valence-corrected chi connectivity index (χ1v) is 29.2. The highest BCUT2D eigenvalue weighted by Gasteiger charge is 2.28. The van der Waals surface area contributed by atoms with Crippen molar-refractivity contribution in [3.8, 4) is 49.5 Å². The van der Waals surface area contributed by atoms with Crippen molar-refractivity contribution in [2.75, 3.05) is 0 Å². The monoisotopic (exact) mass is 1020 g/mol. The van der Waals surface area contributed by atoms with Gasteiger partial charge in [0.1, 0.15) is 0 Å². The van der Waals surface area contributed by atoms with Gasteiger partial charge in [0.2, 0.25) is 0 Å². The van der Waals surface area contributed by atoms with Gasteiger partial charge in [-0.1, -0.05) is 159 Å². The molecule has 9 aromatic carbocycles. The van der Waals surface area contributed by atoms with Gasteiger partial charge in [-0.15, -0.1) is 34.0 Å². The molecule has 0 saturated carbocycles. The quantitative estimate of drug-likeness (QED) is 0.162. The van der Waals surface area contributed by atoms with E-state index in [9.17, 15) is 0 Å². The molecule has 0 radical (unpaired) electrons. The number of rotatable bonds is 5. The summed E-state index contributed by atoms with van der Waals surface area (Å²) >= 11 is 5.80. The van der Waals surface area contributed by atoms with Gasteiger partial charge in [0.15, 0.2) is 0 Å². The van der Waals surface area contributed by atoms with Crippen LogP contribution in [0.3, 0.4) is 0 Å². The average Bonchev–Trinajstić information content (AvgIpc) is 4.35. The highest BCUT2D eigenvalue weighted by Crippen LogP contribution is 2.50. The van der Waals surface area contributed by atoms with Gasteiger partial charge >= 0.3 is 0 Å². The van der Waals surface area contributed by atoms with Gasteiger partial charge in [0.25, 0.3) is 0 Å². The Kier molecular flexibility index (Phi) is 9.33. The maximum Gasteiger partial charge on any atom is 0.0542 e. The summed E-state index contributed by atoms with van der Waals surface area (Å²) in [7, 11) is 0. The van der Waals surface area contributed by atoms with E-state index in [2.05, 4.69) is 230 Å². The van der Waals surface area contributed by atoms with Crippen molar-refractivity contribution in [1.82, 2.24) is 4.57 Å². The number of allylic oxidation sites excluding steroid dienone is 6. The van der Waals surface area contributed by atoms with E-state index in [1.165, 1.54) is 155 Å². The van der Waals surface area contributed by atoms with Crippen LogP contribution in [0.4, 0.5) is 0 Å². The summed E-state index contributed by atoms with van der Waals surface area (Å²) in [5.74, 6) is 0.911. The lowest BCUT2D eigenvalue weighted by Crippen LogP contribution is -2.10. The first kappa shape index (κ1) is 43.2. The number of nitrogens with zero attached hydrogens (tertiary/aromatic N) is 1. The van der Waals surface area contributed by atoms with Crippen LogP contribution >= 0.6 is 34.0 Å². The third kappa shape index (κ3) is 6.54. The molecule has 13 aromatic rings. The molecule has 0 N–H and O–H groups in total. The predicted molar refractivity (Wildman–Crippen MR) is 330 cm³/mol. The van der Waals surface area contributed by atoms with E-state index in [4.69, 9.17) is 0 Å². The second kappa shape index (κ2) is 16.4. The molecule has 4 heterocycles. The van der Waals surface area contributed by atoms with Crippen LogP contribution in [0, 0.1) is 5.92 Å². The van der Waals surface area contributed by atoms with E-state index < -0.39 is 0 Å². The van der Waals surface area contributed by atoms with E-state index in [-0.39, 0.29) is 0 Å². The molecule has 17 rings (SSSR count). The van der Waals surface area contributed by atoms with Gasteiger partial charge in [0, 0.05) is 58.5 Å². The number of fused-ring (bicyclic) bond motifs is 17. The van der Waals surface area contributed by atoms with Gasteiger partial charge in [0.05, 0.1) is 20.4 Å². The standard InChI is InChI=1S/C72H47NS3/c1-41-17-18-44-32-45(20-19-43(44)31-41)47-24-29-65-62(37-47)63-38-49(55-13-8-14-57-54-10-3-2-9-42(54)21-27-58(55)57)25-30-66(63)73(65)53-35-50(46-22-26-56-52(33-46)39-64-59-11-4-6-15-67(59)74-70(56)64)34-51(36-53)48-23-28-61-69(40-48)76-71-60-12-5-7-16-68(60)75-72(61)71/h2-13,15-30,32-38,40-41,57H,14,31,39H2,1H3. The zero-order valence-corrected chi connectivity index (χ0v) is 44.2. The summed E-state index contributed by atoms with van der Waals surface area (Å²) in [6, 6.07) is 70.1. The Morgan fingerprint density at radius 1 is 0.461 bits per heavy atom. The molecule has 2 unspecified atom stereocenters. The summed E-state index contributed by atoms with van der Waals surface area (Å²) in [4.78, 5) is 1.43. The smallest absolute Gasteiger partial charge is 0.0542 e. The number of benzene rings is 9. The lowest BCUT2D eigenvalue weighted by molar-refractivity contribution is 0.717. The summed E-state index contributed by atoms with van der Waals surface area (Å²) in [6.45, 7) is 2.31. The fourth-order valence-corrected chi connectivity index (χ4v) is 17.4. The third-order valence-electron chi connectivity index (χ3n) is 17.1. The largest absolute Gasteiger partial charge is 0.309 e. The summed E-state index contributed by atoms with van der Waals surface area (Å²) in [5, 5.41) is 6.63. The van der Waals surface area contributed by atoms with Gasteiger partial charge < -0.3 is 4.57 Å². The molecule has 0 aliphatic heterocycles. The number of aromatic nitrogens is 1. The van der Waals surface area contributed by atoms with Gasteiger partial charge in [-0.3, -0.25) is 0 Å². The lowest BCUT2D eigenvalue weighted by Gasteiger charge is -2.28. The molecule has 4 aliphatic rings. The Balaban J connectivity index is 0.877. The molecule has 2 atom stereocenters. The number of hydrogen-bond donors (Lipinski definition) is 0. The molecular formula is C72H47NS3. The number of thiophene rings is 3. The van der Waals surface area contributed by atoms with Crippen LogP contribution in [0.25, 0.3) is 129 Å². The topological polar surface area (TPSA) is 4.93 Å². The number of hydrogen-bond acceptors (Lipinski definition) is 3. The summed E-state index contributed by atoms with van der Waals surface area (Å²) in [5.41, 5.74) is 24.8. The van der Waals surface area contributed by atoms with Gasteiger partial charge in [-0.25, -0.2) is 0 Å². The Labute approximate surface area is 453 Å². The highest BCUT2D eigenvalue weighted by molar-refractivity contribution is 7.36. The maximum absolute atomic E-state index is 2.55. The lowest BCUT2D eigenvalue weighted by atomic mass is 9.75. The Hall–Kier alpha value is -8.12. The van der Waals surface area contributed by atoms with Crippen LogP contribution in [-0.2, 0) is 12.8 Å². The minimum Gasteiger partial charge on any atom is -0.309 e. The molecule has 76 heavy (non-hydrogen) atoms. The molecule has 1 nitrogen and oxygen atoms in total. The molecule has 0 spiro atoms. The van der Waals surface area contributed by atoms with Crippen LogP contribution in [0.2, 0.25) is 0 Å². The van der Waals surface area contributed by atoms with E-state index in [0.717, 1.165) is 24.9 Å². The van der Waals surface area contributed by atoms with E-state index in [0.29, 0.717) is 11.8 Å². The second-order valence-electron chi connectivity index (χ2n) is 21.6. The van der Waals surface area contributed by atoms with Crippen molar-refractivity contribution in [3.63, 3.8) is 0 Å². The van der Waals surface area contributed by atoms with E-state index >= 15 is 0 Å². The van der Waals surface area contributed by atoms with E-state index in [1.54, 1.807) is 0 Å². The molecule has 4 heteroatoms. The van der Waals surface area contributed by atoms with Gasteiger partial charge in [-0.2, -0.15) is 0 Å². The SMILES string of the molecule is CC1C=Cc2cc(-c3ccc4c(c3)c3cc(C5=C6C=Cc7ccccc7C6CC=C5)ccc3n4-c3cc(-c4ccc5c(c4)Cc4c-5sc5ccccc45)cc(-c4ccc5c(c4)sc4c6ccccc6sc54)c3)ccc2C1. The fourth-order valence-electron chi connectivity index (χ4n) is 13.4. The maximum atomic E-state index is 2.55. The minimum atomic E-state index is 0.349. The molecule has 0 bridgehead atoms. The van der Waals surface area contributed by atoms with E-state index in [1.807, 2.05) is 34.0 Å². The van der Waals surface area contributed by atoms with Crippen molar-refractivity contribution in [1.29, 1.82) is 0 Å². The second-order valence-corrected chi connectivity index (χ2v) is 24.7. The summed E-state index contributed by atoms with van der Waals surface area (Å²) in [6.07, 6.45) is 17.2. The van der Waals surface area contributed by atoms with Crippen molar-refractivity contribution in [2.45, 2.75) is 32.1 Å². The van der Waals surface area contributed by atoms with Crippen LogP contribution in [0.1, 0.15) is 58.2 Å². The van der Waals surface area contributed by atoms with Gasteiger partial charge in [-0.05, 0) is 180 Å². The molecule has 4 aromatic heterocycles. The van der Waals surface area contributed by atoms with Crippen LogP contribution < -0.4 is 0 Å². The summed E-state index contributed by atoms with van der Waals surface area (Å²) < 4.78 is 9.42. The first-order chi connectivity index (χ1) is 37.5. The Morgan fingerprint density at radius 3 is 2.00 bits per heavy atom. The van der Waals surface area contributed by atoms with Crippen LogP contribution in [-0.4, -0.2) is 4.57 Å². The third-order valence-corrected chi connectivity index (χ3v) is 20.9. The predicted octanol–water partition coefficient (Wildman–Crippen LogP) is 20.9. The molecular weight excluding hydrogens is 975 g/mol. The molecule has 0 fully saturated rings. The Morgan fingerprint density at radius 2 is 1.13 bits per heavy atom. The Bertz CT molecular complexity index is 4820. The van der Waals surface area contributed by atoms with Crippen LogP contribution in [0.5, 0.6) is 0 Å². The molecule has 358 valence electrons. The molecule has 4 aliphatic carbocycles. The zero-order chi connectivity index (χ0) is 49.8. The van der Waals surface area contributed by atoms with Crippen molar-refractivity contribution in [2.24, 2.45) is 5.92 Å². The average molecular weight is 1020 g/mol. The molecule has 0 amide bonds. The highest BCUT2D eigenvalue weighted by atomic mass is 32.1. The van der Waals surface area contributed by atoms with Crippen molar-refractivity contribution in [3.05, 3.63) is 251 Å². The first-order valence-electron chi connectivity index (χ1n) is 26.7. The fraction of sp³-hybridized carbons (Fsp3) is 0.0833. The van der Waals surface area contributed by atoms with Crippen molar-refractivity contribution >= 4 is 113 Å². The minimum absolute atomic E-state index is 0.349. The normalized spacial score (nSPS) is 16.4. The zero-order valence-electron chi connectivity index (χ0n) is 41.7. The van der Waals surface area contributed by atoms with Crippen LogP contribution in [0.15, 0.2) is 212 Å².